The molecule has 0 bridgehead atoms. The van der Waals surface area contributed by atoms with Crippen LogP contribution in [-0.4, -0.2) is 27.0 Å². The predicted molar refractivity (Wildman–Crippen MR) is 102 cm³/mol. The zero-order valence-corrected chi connectivity index (χ0v) is 15.8. The van der Waals surface area contributed by atoms with Crippen LogP contribution in [0.25, 0.3) is 17.1 Å². The number of rotatable bonds is 6. The van der Waals surface area contributed by atoms with Gasteiger partial charge in [-0.25, -0.2) is 9.67 Å². The molecule has 6 nitrogen and oxygen atoms in total. The zero-order valence-electron chi connectivity index (χ0n) is 15.8. The highest BCUT2D eigenvalue weighted by atomic mass is 19.4. The van der Waals surface area contributed by atoms with E-state index in [2.05, 4.69) is 20.1 Å². The summed E-state index contributed by atoms with van der Waals surface area (Å²) in [6.45, 7) is 3.43. The fourth-order valence-corrected chi connectivity index (χ4v) is 2.75. The minimum absolute atomic E-state index is 0.164. The standard InChI is InChI=1S/C20H19F3N4O2/c1-3-4-18-25-19(14-5-7-15(8-6-14)24-13(2)28)26-27(18)16-9-11-17(12-10-16)29-20(21,22)23/h5-12H,3-4H2,1-2H3,(H,24,28). The Morgan fingerprint density at radius 1 is 1.10 bits per heavy atom. The predicted octanol–water partition coefficient (Wildman–Crippen LogP) is 4.74. The fraction of sp³-hybridized carbons (Fsp3) is 0.250. The normalized spacial score (nSPS) is 11.3. The maximum Gasteiger partial charge on any atom is 0.573 e. The maximum atomic E-state index is 12.3. The molecule has 0 radical (unpaired) electrons. The third-order valence-corrected chi connectivity index (χ3v) is 3.93. The Balaban J connectivity index is 1.89. The molecule has 29 heavy (non-hydrogen) atoms. The van der Waals surface area contributed by atoms with Crippen molar-refractivity contribution in [1.29, 1.82) is 0 Å². The first-order valence-electron chi connectivity index (χ1n) is 8.95. The van der Waals surface area contributed by atoms with Gasteiger partial charge in [-0.15, -0.1) is 18.3 Å². The molecule has 0 aliphatic rings. The van der Waals surface area contributed by atoms with Crippen molar-refractivity contribution in [2.45, 2.75) is 33.1 Å². The van der Waals surface area contributed by atoms with Crippen LogP contribution in [0.1, 0.15) is 26.1 Å². The average Bonchev–Trinajstić information content (AvgIpc) is 3.05. The number of nitrogens with zero attached hydrogens (tertiary/aromatic N) is 3. The second-order valence-corrected chi connectivity index (χ2v) is 6.31. The molecule has 0 aliphatic carbocycles. The van der Waals surface area contributed by atoms with Gasteiger partial charge in [0.25, 0.3) is 0 Å². The SMILES string of the molecule is CCCc1nc(-c2ccc(NC(C)=O)cc2)nn1-c1ccc(OC(F)(F)F)cc1. The minimum atomic E-state index is -4.74. The van der Waals surface area contributed by atoms with Gasteiger partial charge in [-0.2, -0.15) is 0 Å². The summed E-state index contributed by atoms with van der Waals surface area (Å²) < 4.78 is 42.6. The summed E-state index contributed by atoms with van der Waals surface area (Å²) in [6.07, 6.45) is -3.26. The summed E-state index contributed by atoms with van der Waals surface area (Å²) in [5.41, 5.74) is 2.00. The molecule has 9 heteroatoms. The number of aryl methyl sites for hydroxylation is 1. The Morgan fingerprint density at radius 3 is 2.31 bits per heavy atom. The van der Waals surface area contributed by atoms with Crippen LogP contribution in [0, 0.1) is 0 Å². The van der Waals surface area contributed by atoms with Crippen LogP contribution >= 0.6 is 0 Å². The number of benzene rings is 2. The molecule has 1 heterocycles. The highest BCUT2D eigenvalue weighted by Crippen LogP contribution is 2.25. The number of anilines is 1. The molecule has 0 aliphatic heterocycles. The molecule has 1 aromatic heterocycles. The number of carbonyl (C=O) groups is 1. The molecule has 2 aromatic carbocycles. The first kappa shape index (κ1) is 20.4. The molecule has 3 aromatic rings. The molecule has 152 valence electrons. The first-order chi connectivity index (χ1) is 13.7. The molecule has 1 amide bonds. The average molecular weight is 404 g/mol. The number of aromatic nitrogens is 3. The van der Waals surface area contributed by atoms with Gasteiger partial charge in [-0.1, -0.05) is 6.92 Å². The summed E-state index contributed by atoms with van der Waals surface area (Å²) in [7, 11) is 0. The second-order valence-electron chi connectivity index (χ2n) is 6.31. The summed E-state index contributed by atoms with van der Waals surface area (Å²) in [5.74, 6) is 0.715. The van der Waals surface area contributed by atoms with Gasteiger partial charge in [-0.3, -0.25) is 4.79 Å². The highest BCUT2D eigenvalue weighted by molar-refractivity contribution is 5.88. The molecule has 0 saturated heterocycles. The number of hydrogen-bond donors (Lipinski definition) is 1. The minimum Gasteiger partial charge on any atom is -0.406 e. The lowest BCUT2D eigenvalue weighted by Gasteiger charge is -2.10. The van der Waals surface area contributed by atoms with Gasteiger partial charge < -0.3 is 10.1 Å². The van der Waals surface area contributed by atoms with Crippen molar-refractivity contribution in [2.24, 2.45) is 0 Å². The van der Waals surface area contributed by atoms with Gasteiger partial charge in [-0.05, 0) is 55.0 Å². The number of halogens is 3. The highest BCUT2D eigenvalue weighted by Gasteiger charge is 2.31. The quantitative estimate of drug-likeness (QED) is 0.644. The van der Waals surface area contributed by atoms with Crippen LogP contribution in [0.4, 0.5) is 18.9 Å². The lowest BCUT2D eigenvalue weighted by molar-refractivity contribution is -0.274. The van der Waals surface area contributed by atoms with Crippen LogP contribution < -0.4 is 10.1 Å². The summed E-state index contributed by atoms with van der Waals surface area (Å²) >= 11 is 0. The molecule has 1 N–H and O–H groups in total. The van der Waals surface area contributed by atoms with Crippen molar-refractivity contribution < 1.29 is 22.7 Å². The largest absolute Gasteiger partial charge is 0.573 e. The molecule has 0 unspecified atom stereocenters. The van der Waals surface area contributed by atoms with Crippen molar-refractivity contribution in [3.05, 3.63) is 54.4 Å². The smallest absolute Gasteiger partial charge is 0.406 e. The van der Waals surface area contributed by atoms with E-state index in [1.54, 1.807) is 28.9 Å². The van der Waals surface area contributed by atoms with E-state index in [0.717, 1.165) is 12.0 Å². The number of ether oxygens (including phenoxy) is 1. The van der Waals surface area contributed by atoms with Crippen LogP contribution in [0.3, 0.4) is 0 Å². The summed E-state index contributed by atoms with van der Waals surface area (Å²) in [4.78, 5) is 15.7. The zero-order chi connectivity index (χ0) is 21.0. The third kappa shape index (κ3) is 5.34. The van der Waals surface area contributed by atoms with Crippen molar-refractivity contribution in [3.8, 4) is 22.8 Å². The van der Waals surface area contributed by atoms with E-state index in [9.17, 15) is 18.0 Å². The molecular formula is C20H19F3N4O2. The molecule has 0 fully saturated rings. The molecular weight excluding hydrogens is 385 g/mol. The van der Waals surface area contributed by atoms with Gasteiger partial charge in [0.1, 0.15) is 11.6 Å². The lowest BCUT2D eigenvalue weighted by Crippen LogP contribution is -2.17. The maximum absolute atomic E-state index is 12.3. The Morgan fingerprint density at radius 2 is 1.76 bits per heavy atom. The van der Waals surface area contributed by atoms with Crippen LogP contribution in [0.15, 0.2) is 48.5 Å². The van der Waals surface area contributed by atoms with E-state index in [1.807, 2.05) is 6.92 Å². The van der Waals surface area contributed by atoms with Gasteiger partial charge in [0.2, 0.25) is 5.91 Å². The van der Waals surface area contributed by atoms with Gasteiger partial charge in [0.05, 0.1) is 5.69 Å². The van der Waals surface area contributed by atoms with E-state index in [-0.39, 0.29) is 11.7 Å². The van der Waals surface area contributed by atoms with E-state index in [1.165, 1.54) is 31.2 Å². The molecule has 0 atom stereocenters. The van der Waals surface area contributed by atoms with Crippen LogP contribution in [0.5, 0.6) is 5.75 Å². The van der Waals surface area contributed by atoms with Crippen LogP contribution in [0.2, 0.25) is 0 Å². The van der Waals surface area contributed by atoms with E-state index < -0.39 is 6.36 Å². The van der Waals surface area contributed by atoms with Gasteiger partial charge >= 0.3 is 6.36 Å². The van der Waals surface area contributed by atoms with E-state index >= 15 is 0 Å². The summed E-state index contributed by atoms with van der Waals surface area (Å²) in [5, 5.41) is 7.21. The molecule has 0 spiro atoms. The van der Waals surface area contributed by atoms with E-state index in [4.69, 9.17) is 0 Å². The second kappa shape index (κ2) is 8.34. The number of hydrogen-bond acceptors (Lipinski definition) is 4. The van der Waals surface area contributed by atoms with Crippen molar-refractivity contribution >= 4 is 11.6 Å². The number of carbonyl (C=O) groups excluding carboxylic acids is 1. The number of alkyl halides is 3. The van der Waals surface area contributed by atoms with Gasteiger partial charge in [0, 0.05) is 24.6 Å². The van der Waals surface area contributed by atoms with Crippen molar-refractivity contribution in [2.75, 3.05) is 5.32 Å². The number of nitrogens with one attached hydrogen (secondary N) is 1. The summed E-state index contributed by atoms with van der Waals surface area (Å²) in [6, 6.07) is 12.6. The molecule has 3 rings (SSSR count). The Labute approximate surface area is 165 Å². The monoisotopic (exact) mass is 404 g/mol. The third-order valence-electron chi connectivity index (χ3n) is 3.93. The fourth-order valence-electron chi connectivity index (χ4n) is 2.75. The van der Waals surface area contributed by atoms with Gasteiger partial charge in [0.15, 0.2) is 5.82 Å². The Bertz CT molecular complexity index is 980. The van der Waals surface area contributed by atoms with Crippen molar-refractivity contribution in [3.63, 3.8) is 0 Å². The van der Waals surface area contributed by atoms with Crippen LogP contribution in [-0.2, 0) is 11.2 Å². The lowest BCUT2D eigenvalue weighted by atomic mass is 10.2. The van der Waals surface area contributed by atoms with E-state index in [0.29, 0.717) is 29.4 Å². The van der Waals surface area contributed by atoms with Crippen molar-refractivity contribution in [1.82, 2.24) is 14.8 Å². The molecule has 0 saturated carbocycles. The topological polar surface area (TPSA) is 69.0 Å². The Hall–Kier alpha value is -3.36. The number of amides is 1. The Kier molecular flexibility index (Phi) is 5.86. The first-order valence-corrected chi connectivity index (χ1v) is 8.95.